The Hall–Kier alpha value is -2.82. The maximum Gasteiger partial charge on any atom is 0.189 e. The van der Waals surface area contributed by atoms with Crippen molar-refractivity contribution in [2.24, 2.45) is 0 Å². The highest BCUT2D eigenvalue weighted by Crippen LogP contribution is 2.19. The fraction of sp³-hybridized carbons (Fsp3) is 0.200. The van der Waals surface area contributed by atoms with E-state index in [2.05, 4.69) is 9.97 Å². The van der Waals surface area contributed by atoms with Gasteiger partial charge in [-0.05, 0) is 44.4 Å². The van der Waals surface area contributed by atoms with E-state index in [0.717, 1.165) is 28.7 Å². The first-order valence-electron chi connectivity index (χ1n) is 8.04. The Morgan fingerprint density at radius 3 is 2.48 bits per heavy atom. The number of hydrogen-bond donors (Lipinski definition) is 1. The maximum absolute atomic E-state index is 13.7. The zero-order valence-corrected chi connectivity index (χ0v) is 14.1. The molecule has 1 aromatic carbocycles. The number of H-pyrrole nitrogens is 1. The molecular formula is C20H18F2N2O. The summed E-state index contributed by atoms with van der Waals surface area (Å²) in [6, 6.07) is 8.83. The molecule has 128 valence electrons. The van der Waals surface area contributed by atoms with E-state index in [-0.39, 0.29) is 5.43 Å². The van der Waals surface area contributed by atoms with E-state index in [4.69, 9.17) is 0 Å². The first kappa shape index (κ1) is 17.0. The van der Waals surface area contributed by atoms with Crippen molar-refractivity contribution in [2.45, 2.75) is 26.7 Å². The van der Waals surface area contributed by atoms with Crippen LogP contribution in [0, 0.1) is 25.5 Å². The molecule has 0 fully saturated rings. The molecule has 3 rings (SSSR count). The van der Waals surface area contributed by atoms with Gasteiger partial charge in [0.25, 0.3) is 0 Å². The zero-order chi connectivity index (χ0) is 18.0. The van der Waals surface area contributed by atoms with E-state index in [0.29, 0.717) is 24.0 Å². The molecule has 0 saturated carbocycles. The Kier molecular flexibility index (Phi) is 4.74. The Morgan fingerprint density at radius 2 is 1.84 bits per heavy atom. The molecule has 0 bridgehead atoms. The lowest BCUT2D eigenvalue weighted by Crippen LogP contribution is -2.09. The number of aromatic amines is 1. The summed E-state index contributed by atoms with van der Waals surface area (Å²) in [5.41, 5.74) is 4.17. The highest BCUT2D eigenvalue weighted by atomic mass is 19.1. The molecular weight excluding hydrogens is 322 g/mol. The van der Waals surface area contributed by atoms with E-state index in [9.17, 15) is 13.6 Å². The fourth-order valence-corrected chi connectivity index (χ4v) is 2.91. The van der Waals surface area contributed by atoms with Crippen LogP contribution in [0.15, 0.2) is 47.4 Å². The average molecular weight is 340 g/mol. The Morgan fingerprint density at radius 1 is 1.04 bits per heavy atom. The number of halogens is 2. The van der Waals surface area contributed by atoms with Crippen molar-refractivity contribution in [1.29, 1.82) is 0 Å². The molecule has 0 spiro atoms. The first-order chi connectivity index (χ1) is 11.9. The van der Waals surface area contributed by atoms with Gasteiger partial charge in [-0.3, -0.25) is 9.78 Å². The van der Waals surface area contributed by atoms with Crippen LogP contribution in [-0.2, 0) is 12.8 Å². The topological polar surface area (TPSA) is 45.8 Å². The summed E-state index contributed by atoms with van der Waals surface area (Å²) in [5, 5.41) is 0. The van der Waals surface area contributed by atoms with Crippen molar-refractivity contribution in [3.05, 3.63) is 87.1 Å². The molecule has 0 radical (unpaired) electrons. The zero-order valence-electron chi connectivity index (χ0n) is 14.1. The van der Waals surface area contributed by atoms with Gasteiger partial charge in [-0.2, -0.15) is 0 Å². The minimum Gasteiger partial charge on any atom is -0.362 e. The average Bonchev–Trinajstić information content (AvgIpc) is 2.54. The molecule has 2 aromatic heterocycles. The number of aryl methyl sites for hydroxylation is 4. The van der Waals surface area contributed by atoms with Crippen molar-refractivity contribution in [2.75, 3.05) is 0 Å². The van der Waals surface area contributed by atoms with Gasteiger partial charge >= 0.3 is 0 Å². The van der Waals surface area contributed by atoms with Crippen LogP contribution in [0.25, 0.3) is 11.1 Å². The summed E-state index contributed by atoms with van der Waals surface area (Å²) in [5.74, 6) is -1.12. The van der Waals surface area contributed by atoms with Crippen molar-refractivity contribution >= 4 is 0 Å². The van der Waals surface area contributed by atoms with Crippen molar-refractivity contribution in [3.8, 4) is 11.1 Å². The maximum atomic E-state index is 13.7. The highest BCUT2D eigenvalue weighted by Gasteiger charge is 2.09. The minimum atomic E-state index is -0.581. The number of aromatic nitrogens is 2. The second-order valence-electron chi connectivity index (χ2n) is 6.09. The van der Waals surface area contributed by atoms with Crippen molar-refractivity contribution < 1.29 is 8.78 Å². The minimum absolute atomic E-state index is 0.0447. The standard InChI is InChI=1S/C20H18F2N2O/c1-12-9-19(25)20(13(2)24-12)15-5-8-17(23-11-15)7-4-14-3-6-16(21)10-18(14)22/h3,5-6,8-11H,4,7H2,1-2H3,(H,24,25). The predicted octanol–water partition coefficient (Wildman–Crippen LogP) is 4.12. The van der Waals surface area contributed by atoms with Gasteiger partial charge in [-0.1, -0.05) is 12.1 Å². The van der Waals surface area contributed by atoms with Gasteiger partial charge in [0, 0.05) is 46.5 Å². The van der Waals surface area contributed by atoms with Crippen LogP contribution < -0.4 is 5.43 Å². The Bertz CT molecular complexity index is 962. The highest BCUT2D eigenvalue weighted by molar-refractivity contribution is 5.64. The summed E-state index contributed by atoms with van der Waals surface area (Å²) < 4.78 is 26.6. The molecule has 1 N–H and O–H groups in total. The van der Waals surface area contributed by atoms with Gasteiger partial charge in [0.2, 0.25) is 0 Å². The van der Waals surface area contributed by atoms with Gasteiger partial charge in [0.15, 0.2) is 5.43 Å². The molecule has 3 aromatic rings. The van der Waals surface area contributed by atoms with E-state index >= 15 is 0 Å². The molecule has 3 nitrogen and oxygen atoms in total. The van der Waals surface area contributed by atoms with Crippen LogP contribution in [-0.4, -0.2) is 9.97 Å². The summed E-state index contributed by atoms with van der Waals surface area (Å²) in [6.07, 6.45) is 2.62. The molecule has 0 saturated heterocycles. The third-order valence-corrected chi connectivity index (χ3v) is 4.13. The van der Waals surface area contributed by atoms with Gasteiger partial charge in [0.05, 0.1) is 0 Å². The van der Waals surface area contributed by atoms with E-state index in [1.54, 1.807) is 12.3 Å². The van der Waals surface area contributed by atoms with Gasteiger partial charge in [-0.25, -0.2) is 8.78 Å². The number of nitrogens with one attached hydrogen (secondary N) is 1. The van der Waals surface area contributed by atoms with Gasteiger partial charge < -0.3 is 4.98 Å². The lowest BCUT2D eigenvalue weighted by molar-refractivity contribution is 0.571. The van der Waals surface area contributed by atoms with E-state index < -0.39 is 11.6 Å². The Balaban J connectivity index is 1.78. The molecule has 0 amide bonds. The molecule has 0 unspecified atom stereocenters. The SMILES string of the molecule is Cc1cc(=O)c(-c2ccc(CCc3ccc(F)cc3F)nc2)c(C)[nH]1. The molecule has 0 aliphatic carbocycles. The van der Waals surface area contributed by atoms with Crippen LogP contribution >= 0.6 is 0 Å². The fourth-order valence-electron chi connectivity index (χ4n) is 2.91. The first-order valence-corrected chi connectivity index (χ1v) is 8.04. The summed E-state index contributed by atoms with van der Waals surface area (Å²) in [6.45, 7) is 3.70. The number of pyridine rings is 2. The van der Waals surface area contributed by atoms with Gasteiger partial charge in [0.1, 0.15) is 11.6 Å². The molecule has 0 atom stereocenters. The van der Waals surface area contributed by atoms with E-state index in [1.165, 1.54) is 12.1 Å². The lowest BCUT2D eigenvalue weighted by atomic mass is 10.0. The number of benzene rings is 1. The second-order valence-corrected chi connectivity index (χ2v) is 6.09. The molecule has 5 heteroatoms. The largest absolute Gasteiger partial charge is 0.362 e. The third kappa shape index (κ3) is 3.82. The summed E-state index contributed by atoms with van der Waals surface area (Å²) in [4.78, 5) is 19.7. The molecule has 0 aliphatic heterocycles. The smallest absolute Gasteiger partial charge is 0.189 e. The third-order valence-electron chi connectivity index (χ3n) is 4.13. The lowest BCUT2D eigenvalue weighted by Gasteiger charge is -2.08. The van der Waals surface area contributed by atoms with Crippen molar-refractivity contribution in [3.63, 3.8) is 0 Å². The number of hydrogen-bond acceptors (Lipinski definition) is 2. The van der Waals surface area contributed by atoms with Gasteiger partial charge in [-0.15, -0.1) is 0 Å². The monoisotopic (exact) mass is 340 g/mol. The van der Waals surface area contributed by atoms with Crippen LogP contribution in [0.1, 0.15) is 22.6 Å². The Labute approximate surface area is 144 Å². The van der Waals surface area contributed by atoms with Crippen LogP contribution in [0.4, 0.5) is 8.78 Å². The van der Waals surface area contributed by atoms with Crippen LogP contribution in [0.3, 0.4) is 0 Å². The molecule has 2 heterocycles. The molecule has 25 heavy (non-hydrogen) atoms. The quantitative estimate of drug-likeness (QED) is 0.777. The van der Waals surface area contributed by atoms with E-state index in [1.807, 2.05) is 26.0 Å². The second kappa shape index (κ2) is 6.97. The predicted molar refractivity (Wildman–Crippen MR) is 93.5 cm³/mol. The van der Waals surface area contributed by atoms with Crippen molar-refractivity contribution in [1.82, 2.24) is 9.97 Å². The normalized spacial score (nSPS) is 10.9. The summed E-state index contributed by atoms with van der Waals surface area (Å²) in [7, 11) is 0. The number of nitrogens with zero attached hydrogens (tertiary/aromatic N) is 1. The number of rotatable bonds is 4. The van der Waals surface area contributed by atoms with Crippen LogP contribution in [0.5, 0.6) is 0 Å². The summed E-state index contributed by atoms with van der Waals surface area (Å²) >= 11 is 0. The van der Waals surface area contributed by atoms with Crippen LogP contribution in [0.2, 0.25) is 0 Å². The molecule has 0 aliphatic rings.